The van der Waals surface area contributed by atoms with Crippen LogP contribution in [0.4, 0.5) is 4.39 Å². The minimum atomic E-state index is -0.242. The van der Waals surface area contributed by atoms with Crippen LogP contribution in [0.25, 0.3) is 0 Å². The molecule has 4 nitrogen and oxygen atoms in total. The Hall–Kier alpha value is -1.76. The molecule has 1 N–H and O–H groups in total. The number of benzene rings is 1. The first-order chi connectivity index (χ1) is 13.2. The highest BCUT2D eigenvalue weighted by atomic mass is 32.1. The molecule has 1 atom stereocenters. The molecule has 1 aliphatic heterocycles. The summed E-state index contributed by atoms with van der Waals surface area (Å²) >= 11 is 1.71. The first kappa shape index (κ1) is 18.6. The van der Waals surface area contributed by atoms with Crippen molar-refractivity contribution in [2.75, 3.05) is 32.8 Å². The number of fused-ring (bicyclic) bond motifs is 1. The Morgan fingerprint density at radius 2 is 1.93 bits per heavy atom. The number of carbonyl (C=O) groups is 1. The maximum Gasteiger partial charge on any atom is 0.252 e. The lowest BCUT2D eigenvalue weighted by Crippen LogP contribution is -2.43. The average Bonchev–Trinajstić information content (AvgIpc) is 3.14. The number of nitrogens with one attached hydrogen (secondary N) is 1. The Morgan fingerprint density at radius 1 is 1.19 bits per heavy atom. The van der Waals surface area contributed by atoms with E-state index in [2.05, 4.69) is 10.2 Å². The first-order valence-electron chi connectivity index (χ1n) is 9.67. The van der Waals surface area contributed by atoms with E-state index >= 15 is 0 Å². The van der Waals surface area contributed by atoms with E-state index in [0.717, 1.165) is 43.5 Å². The van der Waals surface area contributed by atoms with Crippen LogP contribution in [0.2, 0.25) is 0 Å². The number of rotatable bonds is 5. The van der Waals surface area contributed by atoms with Gasteiger partial charge in [-0.2, -0.15) is 0 Å². The molecular formula is C21H25FN2O2S. The van der Waals surface area contributed by atoms with Crippen LogP contribution in [0.3, 0.4) is 0 Å². The third-order valence-electron chi connectivity index (χ3n) is 5.50. The Morgan fingerprint density at radius 3 is 2.70 bits per heavy atom. The Balaban J connectivity index is 1.48. The summed E-state index contributed by atoms with van der Waals surface area (Å²) in [6, 6.07) is 6.62. The zero-order chi connectivity index (χ0) is 18.6. The number of aryl methyl sites for hydroxylation is 1. The van der Waals surface area contributed by atoms with Crippen LogP contribution in [0.1, 0.15) is 45.2 Å². The number of hydrogen-bond donors (Lipinski definition) is 1. The molecule has 2 aromatic rings. The number of amides is 1. The highest BCUT2D eigenvalue weighted by molar-refractivity contribution is 7.10. The van der Waals surface area contributed by atoms with Crippen molar-refractivity contribution in [3.63, 3.8) is 0 Å². The van der Waals surface area contributed by atoms with Crippen molar-refractivity contribution < 1.29 is 13.9 Å². The number of hydrogen-bond acceptors (Lipinski definition) is 4. The number of nitrogens with zero attached hydrogens (tertiary/aromatic N) is 1. The lowest BCUT2D eigenvalue weighted by atomic mass is 9.95. The maximum atomic E-state index is 13.4. The second-order valence-corrected chi connectivity index (χ2v) is 8.15. The molecule has 2 heterocycles. The van der Waals surface area contributed by atoms with Gasteiger partial charge in [0.25, 0.3) is 5.91 Å². The molecule has 0 spiro atoms. The van der Waals surface area contributed by atoms with E-state index in [1.165, 1.54) is 29.0 Å². The largest absolute Gasteiger partial charge is 0.379 e. The quantitative estimate of drug-likeness (QED) is 0.851. The van der Waals surface area contributed by atoms with Crippen LogP contribution in [-0.2, 0) is 17.6 Å². The third kappa shape index (κ3) is 4.23. The van der Waals surface area contributed by atoms with Crippen molar-refractivity contribution in [1.82, 2.24) is 10.2 Å². The molecule has 1 fully saturated rings. The summed E-state index contributed by atoms with van der Waals surface area (Å²) in [6.07, 6.45) is 4.49. The zero-order valence-corrected chi connectivity index (χ0v) is 16.2. The van der Waals surface area contributed by atoms with Crippen molar-refractivity contribution >= 4 is 17.2 Å². The van der Waals surface area contributed by atoms with Crippen molar-refractivity contribution in [1.29, 1.82) is 0 Å². The first-order valence-corrected chi connectivity index (χ1v) is 10.5. The molecule has 0 saturated carbocycles. The summed E-state index contributed by atoms with van der Waals surface area (Å²) in [4.78, 5) is 16.5. The minimum absolute atomic E-state index is 0.00905. The normalized spacial score (nSPS) is 18.7. The van der Waals surface area contributed by atoms with Crippen LogP contribution in [0, 0.1) is 5.82 Å². The summed E-state index contributed by atoms with van der Waals surface area (Å²) in [7, 11) is 0. The lowest BCUT2D eigenvalue weighted by molar-refractivity contribution is 0.0162. The molecule has 1 aliphatic carbocycles. The molecule has 6 heteroatoms. The van der Waals surface area contributed by atoms with Crippen LogP contribution < -0.4 is 5.32 Å². The van der Waals surface area contributed by atoms with E-state index < -0.39 is 0 Å². The van der Waals surface area contributed by atoms with Crippen LogP contribution in [-0.4, -0.2) is 43.7 Å². The molecule has 1 amide bonds. The van der Waals surface area contributed by atoms with Gasteiger partial charge < -0.3 is 10.1 Å². The van der Waals surface area contributed by atoms with Gasteiger partial charge in [-0.1, -0.05) is 12.1 Å². The standard InChI is InChI=1S/C21H25FN2O2S/c22-16-7-5-15(6-8-16)19(24-9-11-26-12-10-24)13-23-21(25)18-14-27-20-4-2-1-3-17(18)20/h5-8,14,19H,1-4,9-13H2,(H,23,25)/t19-/m1/s1. The van der Waals surface area contributed by atoms with Crippen molar-refractivity contribution in [2.24, 2.45) is 0 Å². The Kier molecular flexibility index (Phi) is 5.86. The van der Waals surface area contributed by atoms with Gasteiger partial charge in [0.2, 0.25) is 0 Å². The summed E-state index contributed by atoms with van der Waals surface area (Å²) in [5.41, 5.74) is 3.11. The predicted molar refractivity (Wildman–Crippen MR) is 105 cm³/mol. The maximum absolute atomic E-state index is 13.4. The molecule has 1 saturated heterocycles. The van der Waals surface area contributed by atoms with Crippen LogP contribution in [0.5, 0.6) is 0 Å². The molecular weight excluding hydrogens is 363 g/mol. The lowest BCUT2D eigenvalue weighted by Gasteiger charge is -2.35. The second kappa shape index (κ2) is 8.50. The van der Waals surface area contributed by atoms with E-state index in [4.69, 9.17) is 4.74 Å². The summed E-state index contributed by atoms with van der Waals surface area (Å²) in [5.74, 6) is -0.233. The van der Waals surface area contributed by atoms with Gasteiger partial charge in [0, 0.05) is 29.9 Å². The van der Waals surface area contributed by atoms with Gasteiger partial charge in [-0.05, 0) is 48.9 Å². The molecule has 1 aromatic carbocycles. The van der Waals surface area contributed by atoms with E-state index in [1.54, 1.807) is 11.3 Å². The number of thiophene rings is 1. The fraction of sp³-hybridized carbons (Fsp3) is 0.476. The highest BCUT2D eigenvalue weighted by Gasteiger charge is 2.25. The Bertz CT molecular complexity index is 784. The van der Waals surface area contributed by atoms with Crippen molar-refractivity contribution in [2.45, 2.75) is 31.7 Å². The molecule has 27 heavy (non-hydrogen) atoms. The molecule has 1 aromatic heterocycles. The van der Waals surface area contributed by atoms with Gasteiger partial charge in [-0.15, -0.1) is 11.3 Å². The Labute approximate surface area is 163 Å². The smallest absolute Gasteiger partial charge is 0.252 e. The van der Waals surface area contributed by atoms with E-state index in [-0.39, 0.29) is 17.8 Å². The van der Waals surface area contributed by atoms with Gasteiger partial charge in [0.1, 0.15) is 5.82 Å². The monoisotopic (exact) mass is 388 g/mol. The van der Waals surface area contributed by atoms with Crippen LogP contribution in [0.15, 0.2) is 29.6 Å². The van der Waals surface area contributed by atoms with Gasteiger partial charge in [-0.3, -0.25) is 9.69 Å². The topological polar surface area (TPSA) is 41.6 Å². The number of halogens is 1. The molecule has 144 valence electrons. The van der Waals surface area contributed by atoms with Crippen molar-refractivity contribution in [3.8, 4) is 0 Å². The van der Waals surface area contributed by atoms with Crippen molar-refractivity contribution in [3.05, 3.63) is 57.0 Å². The van der Waals surface area contributed by atoms with Gasteiger partial charge >= 0.3 is 0 Å². The third-order valence-corrected chi connectivity index (χ3v) is 6.59. The minimum Gasteiger partial charge on any atom is -0.379 e. The molecule has 2 aliphatic rings. The van der Waals surface area contributed by atoms with Gasteiger partial charge in [0.15, 0.2) is 0 Å². The molecule has 0 unspecified atom stereocenters. The SMILES string of the molecule is O=C(NC[C@H](c1ccc(F)cc1)N1CCOCC1)c1csc2c1CCCC2. The number of ether oxygens (including phenoxy) is 1. The molecule has 0 radical (unpaired) electrons. The second-order valence-electron chi connectivity index (χ2n) is 7.18. The molecule has 0 bridgehead atoms. The predicted octanol–water partition coefficient (Wildman–Crippen LogP) is 3.57. The molecule has 4 rings (SSSR count). The zero-order valence-electron chi connectivity index (χ0n) is 15.4. The van der Waals surface area contributed by atoms with E-state index in [0.29, 0.717) is 19.8 Å². The summed E-state index contributed by atoms with van der Waals surface area (Å²) in [6.45, 7) is 3.50. The summed E-state index contributed by atoms with van der Waals surface area (Å²) < 4.78 is 18.8. The van der Waals surface area contributed by atoms with E-state index in [1.807, 2.05) is 17.5 Å². The fourth-order valence-electron chi connectivity index (χ4n) is 4.00. The fourth-order valence-corrected chi connectivity index (χ4v) is 5.13. The summed E-state index contributed by atoms with van der Waals surface area (Å²) in [5, 5.41) is 5.14. The van der Waals surface area contributed by atoms with Gasteiger partial charge in [0.05, 0.1) is 24.8 Å². The van der Waals surface area contributed by atoms with Crippen LogP contribution >= 0.6 is 11.3 Å². The average molecular weight is 389 g/mol. The van der Waals surface area contributed by atoms with Gasteiger partial charge in [-0.25, -0.2) is 4.39 Å². The van der Waals surface area contributed by atoms with E-state index in [9.17, 15) is 9.18 Å². The number of carbonyl (C=O) groups excluding carboxylic acids is 1. The highest BCUT2D eigenvalue weighted by Crippen LogP contribution is 2.30. The number of morpholine rings is 1.